The second kappa shape index (κ2) is 10.9. The largest absolute Gasteiger partial charge is 0.475 e. The quantitative estimate of drug-likeness (QED) is 0.510. The normalized spacial score (nSPS) is 14.5. The van der Waals surface area contributed by atoms with Gasteiger partial charge in [0.25, 0.3) is 5.91 Å². The minimum absolute atomic E-state index is 0.0135. The fourth-order valence-electron chi connectivity index (χ4n) is 4.10. The van der Waals surface area contributed by atoms with Gasteiger partial charge in [-0.3, -0.25) is 9.69 Å². The monoisotopic (exact) mass is 431 g/mol. The molecule has 0 aliphatic carbocycles. The molecule has 0 unspecified atom stereocenters. The van der Waals surface area contributed by atoms with Crippen molar-refractivity contribution in [1.82, 2.24) is 14.8 Å². The van der Waals surface area contributed by atoms with Crippen LogP contribution in [0.15, 0.2) is 79.0 Å². The lowest BCUT2D eigenvalue weighted by atomic mass is 9.96. The summed E-state index contributed by atoms with van der Waals surface area (Å²) in [6.07, 6.45) is 1.62. The van der Waals surface area contributed by atoms with Crippen LogP contribution < -0.4 is 4.74 Å². The van der Waals surface area contributed by atoms with Gasteiger partial charge in [-0.15, -0.1) is 0 Å². The zero-order chi connectivity index (χ0) is 22.2. The lowest BCUT2D eigenvalue weighted by Crippen LogP contribution is -2.49. The molecule has 1 saturated heterocycles. The Kier molecular flexibility index (Phi) is 7.48. The van der Waals surface area contributed by atoms with Crippen molar-refractivity contribution >= 4 is 5.91 Å². The summed E-state index contributed by atoms with van der Waals surface area (Å²) in [7, 11) is 1.62. The van der Waals surface area contributed by atoms with Crippen molar-refractivity contribution < 1.29 is 14.3 Å². The van der Waals surface area contributed by atoms with E-state index in [0.29, 0.717) is 37.7 Å². The molecule has 4 rings (SSSR count). The Morgan fingerprint density at radius 3 is 2.12 bits per heavy atom. The Morgan fingerprint density at radius 2 is 1.53 bits per heavy atom. The predicted octanol–water partition coefficient (Wildman–Crippen LogP) is 3.65. The predicted molar refractivity (Wildman–Crippen MR) is 124 cm³/mol. The first-order valence-electron chi connectivity index (χ1n) is 11.0. The third-order valence-electron chi connectivity index (χ3n) is 5.72. The van der Waals surface area contributed by atoms with Gasteiger partial charge < -0.3 is 14.4 Å². The van der Waals surface area contributed by atoms with Crippen LogP contribution in [0.1, 0.15) is 27.5 Å². The van der Waals surface area contributed by atoms with Crippen LogP contribution in [0.25, 0.3) is 0 Å². The highest BCUT2D eigenvalue weighted by molar-refractivity contribution is 5.94. The maximum absolute atomic E-state index is 13.1. The molecule has 1 fully saturated rings. The number of rotatable bonds is 8. The van der Waals surface area contributed by atoms with Crippen molar-refractivity contribution in [2.24, 2.45) is 0 Å². The fourth-order valence-corrected chi connectivity index (χ4v) is 4.10. The summed E-state index contributed by atoms with van der Waals surface area (Å²) in [5.41, 5.74) is 3.14. The van der Waals surface area contributed by atoms with E-state index in [1.165, 1.54) is 11.1 Å². The first kappa shape index (κ1) is 22.0. The molecule has 166 valence electrons. The lowest BCUT2D eigenvalue weighted by Gasteiger charge is -2.39. The van der Waals surface area contributed by atoms with Gasteiger partial charge in [0.05, 0.1) is 12.6 Å². The second-order valence-corrected chi connectivity index (χ2v) is 7.78. The molecule has 32 heavy (non-hydrogen) atoms. The van der Waals surface area contributed by atoms with Crippen molar-refractivity contribution in [3.05, 3.63) is 95.7 Å². The Bertz CT molecular complexity index is 950. The number of pyridine rings is 1. The van der Waals surface area contributed by atoms with E-state index < -0.39 is 0 Å². The molecule has 0 spiro atoms. The van der Waals surface area contributed by atoms with Gasteiger partial charge in [-0.1, -0.05) is 60.7 Å². The van der Waals surface area contributed by atoms with Gasteiger partial charge in [0.15, 0.2) is 0 Å². The van der Waals surface area contributed by atoms with Crippen molar-refractivity contribution in [2.45, 2.75) is 6.04 Å². The van der Waals surface area contributed by atoms with E-state index in [-0.39, 0.29) is 11.9 Å². The summed E-state index contributed by atoms with van der Waals surface area (Å²) >= 11 is 0. The molecular weight excluding hydrogens is 402 g/mol. The molecule has 0 saturated carbocycles. The van der Waals surface area contributed by atoms with Crippen LogP contribution in [0.3, 0.4) is 0 Å². The molecule has 2 aromatic carbocycles. The topological polar surface area (TPSA) is 54.9 Å². The summed E-state index contributed by atoms with van der Waals surface area (Å²) in [4.78, 5) is 21.7. The third-order valence-corrected chi connectivity index (χ3v) is 5.72. The van der Waals surface area contributed by atoms with Gasteiger partial charge in [0, 0.05) is 51.1 Å². The van der Waals surface area contributed by atoms with Crippen LogP contribution >= 0.6 is 0 Å². The van der Waals surface area contributed by atoms with Crippen LogP contribution in [0, 0.1) is 0 Å². The molecule has 2 heterocycles. The van der Waals surface area contributed by atoms with Crippen LogP contribution in [-0.4, -0.2) is 67.2 Å². The molecule has 0 radical (unpaired) electrons. The smallest absolute Gasteiger partial charge is 0.254 e. The lowest BCUT2D eigenvalue weighted by molar-refractivity contribution is 0.0596. The summed E-state index contributed by atoms with van der Waals surface area (Å²) in [5.74, 6) is 0.458. The van der Waals surface area contributed by atoms with Crippen LogP contribution in [0.5, 0.6) is 5.88 Å². The molecule has 6 heteroatoms. The van der Waals surface area contributed by atoms with Crippen molar-refractivity contribution in [3.63, 3.8) is 0 Å². The Labute approximate surface area is 189 Å². The number of carbonyl (C=O) groups excluding carboxylic acids is 1. The number of nitrogens with zero attached hydrogens (tertiary/aromatic N) is 3. The van der Waals surface area contributed by atoms with E-state index >= 15 is 0 Å². The number of benzene rings is 2. The van der Waals surface area contributed by atoms with E-state index in [9.17, 15) is 4.79 Å². The highest BCUT2D eigenvalue weighted by Crippen LogP contribution is 2.29. The summed E-state index contributed by atoms with van der Waals surface area (Å²) < 4.78 is 10.6. The number of hydrogen-bond donors (Lipinski definition) is 0. The molecule has 6 nitrogen and oxygen atoms in total. The molecule has 1 aliphatic heterocycles. The minimum Gasteiger partial charge on any atom is -0.475 e. The number of hydrogen-bond acceptors (Lipinski definition) is 5. The van der Waals surface area contributed by atoms with Crippen LogP contribution in [-0.2, 0) is 4.74 Å². The highest BCUT2D eigenvalue weighted by Gasteiger charge is 2.28. The van der Waals surface area contributed by atoms with E-state index in [4.69, 9.17) is 9.47 Å². The Morgan fingerprint density at radius 1 is 0.906 bits per heavy atom. The molecule has 1 aliphatic rings. The van der Waals surface area contributed by atoms with Gasteiger partial charge >= 0.3 is 0 Å². The summed E-state index contributed by atoms with van der Waals surface area (Å²) in [6.45, 7) is 3.85. The van der Waals surface area contributed by atoms with Crippen molar-refractivity contribution in [2.75, 3.05) is 46.5 Å². The summed E-state index contributed by atoms with van der Waals surface area (Å²) in [5, 5.41) is 0. The number of aromatic nitrogens is 1. The number of methoxy groups -OCH3 is 1. The molecule has 0 N–H and O–H groups in total. The van der Waals surface area contributed by atoms with Crippen LogP contribution in [0.4, 0.5) is 0 Å². The number of ether oxygens (including phenoxy) is 2. The van der Waals surface area contributed by atoms with Gasteiger partial charge in [-0.25, -0.2) is 4.98 Å². The van der Waals surface area contributed by atoms with Crippen LogP contribution in [0.2, 0.25) is 0 Å². The minimum atomic E-state index is 0.0135. The summed E-state index contributed by atoms with van der Waals surface area (Å²) in [6, 6.07) is 24.8. The average molecular weight is 432 g/mol. The first-order chi connectivity index (χ1) is 15.8. The van der Waals surface area contributed by atoms with Crippen molar-refractivity contribution in [1.29, 1.82) is 0 Å². The second-order valence-electron chi connectivity index (χ2n) is 7.78. The molecule has 0 bridgehead atoms. The zero-order valence-electron chi connectivity index (χ0n) is 18.4. The number of piperazine rings is 1. The molecular formula is C26H29N3O3. The van der Waals surface area contributed by atoms with Gasteiger partial charge in [0.1, 0.15) is 6.61 Å². The van der Waals surface area contributed by atoms with Gasteiger partial charge in [0.2, 0.25) is 5.88 Å². The molecule has 1 amide bonds. The third kappa shape index (κ3) is 5.33. The highest BCUT2D eigenvalue weighted by atomic mass is 16.5. The first-order valence-corrected chi connectivity index (χ1v) is 11.0. The number of carbonyl (C=O) groups is 1. The van der Waals surface area contributed by atoms with E-state index in [2.05, 4.69) is 58.4 Å². The van der Waals surface area contributed by atoms with E-state index in [1.807, 2.05) is 17.0 Å². The number of amides is 1. The standard InChI is InChI=1S/C26H29N3O3/c1-31-18-19-32-24-20-23(12-13-27-24)26(30)29-16-14-28(15-17-29)25(21-8-4-2-5-9-21)22-10-6-3-7-11-22/h2-13,20,25H,14-19H2,1H3. The fraction of sp³-hybridized carbons (Fsp3) is 0.308. The molecule has 0 atom stereocenters. The zero-order valence-corrected chi connectivity index (χ0v) is 18.4. The SMILES string of the molecule is COCCOc1cc(C(=O)N2CCN(C(c3ccccc3)c3ccccc3)CC2)ccn1. The van der Waals surface area contributed by atoms with Gasteiger partial charge in [-0.2, -0.15) is 0 Å². The van der Waals surface area contributed by atoms with E-state index in [0.717, 1.165) is 13.1 Å². The maximum atomic E-state index is 13.1. The van der Waals surface area contributed by atoms with E-state index in [1.54, 1.807) is 25.4 Å². The Hall–Kier alpha value is -3.22. The molecule has 1 aromatic heterocycles. The molecule has 3 aromatic rings. The van der Waals surface area contributed by atoms with Crippen molar-refractivity contribution in [3.8, 4) is 5.88 Å². The average Bonchev–Trinajstić information content (AvgIpc) is 2.86. The Balaban J connectivity index is 1.44. The van der Waals surface area contributed by atoms with Gasteiger partial charge in [-0.05, 0) is 17.2 Å². The maximum Gasteiger partial charge on any atom is 0.254 e.